The second-order valence-electron chi connectivity index (χ2n) is 18.5. The molecule has 1 unspecified atom stereocenters. The van der Waals surface area contributed by atoms with Crippen molar-refractivity contribution in [2.24, 2.45) is 0 Å². The number of hydrogen-bond acceptors (Lipinski definition) is 1. The van der Waals surface area contributed by atoms with E-state index in [-0.39, 0.29) is 5.41 Å². The van der Waals surface area contributed by atoms with Gasteiger partial charge in [-0.1, -0.05) is 190 Å². The van der Waals surface area contributed by atoms with Crippen LogP contribution in [0.4, 0.5) is 17.1 Å². The maximum atomic E-state index is 2.50. The van der Waals surface area contributed by atoms with Gasteiger partial charge < -0.3 is 9.47 Å². The Hall–Kier alpha value is -8.20. The Morgan fingerprint density at radius 2 is 0.848 bits per heavy atom. The Morgan fingerprint density at radius 3 is 1.58 bits per heavy atom. The first-order chi connectivity index (χ1) is 32.5. The Bertz CT molecular complexity index is 3660. The fraction of sp³-hybridized carbons (Fsp3) is 0.0625. The lowest BCUT2D eigenvalue weighted by Crippen LogP contribution is -2.28. The zero-order valence-corrected chi connectivity index (χ0v) is 37.0. The van der Waals surface area contributed by atoms with Gasteiger partial charge in [0, 0.05) is 38.9 Å². The van der Waals surface area contributed by atoms with Crippen molar-refractivity contribution in [2.45, 2.75) is 24.7 Å². The maximum absolute atomic E-state index is 2.50. The third-order valence-electron chi connectivity index (χ3n) is 14.7. The highest BCUT2D eigenvalue weighted by molar-refractivity contribution is 6.10. The zero-order valence-electron chi connectivity index (χ0n) is 37.0. The van der Waals surface area contributed by atoms with Crippen molar-refractivity contribution in [3.63, 3.8) is 0 Å². The molecule has 312 valence electrons. The number of hydrogen-bond donors (Lipinski definition) is 0. The summed E-state index contributed by atoms with van der Waals surface area (Å²) in [6, 6.07) is 90.2. The van der Waals surface area contributed by atoms with Gasteiger partial charge in [0.15, 0.2) is 0 Å². The summed E-state index contributed by atoms with van der Waals surface area (Å²) in [7, 11) is 0. The van der Waals surface area contributed by atoms with Gasteiger partial charge in [-0.3, -0.25) is 0 Å². The van der Waals surface area contributed by atoms with Gasteiger partial charge in [-0.2, -0.15) is 0 Å². The molecule has 11 aromatic rings. The molecule has 2 nitrogen and oxygen atoms in total. The van der Waals surface area contributed by atoms with Gasteiger partial charge in [-0.25, -0.2) is 0 Å². The van der Waals surface area contributed by atoms with E-state index in [9.17, 15) is 0 Å². The number of benzene rings is 10. The van der Waals surface area contributed by atoms with Gasteiger partial charge in [-0.05, 0) is 133 Å². The molecule has 0 saturated carbocycles. The molecule has 0 radical (unpaired) electrons. The lowest BCUT2D eigenvalue weighted by molar-refractivity contribution is 0.660. The van der Waals surface area contributed by atoms with Crippen LogP contribution in [-0.4, -0.2) is 4.57 Å². The first-order valence-corrected chi connectivity index (χ1v) is 23.1. The van der Waals surface area contributed by atoms with E-state index < -0.39 is 5.41 Å². The molecule has 1 aromatic heterocycles. The van der Waals surface area contributed by atoms with Crippen LogP contribution in [0.1, 0.15) is 47.2 Å². The average molecular weight is 843 g/mol. The van der Waals surface area contributed by atoms with E-state index in [0.717, 1.165) is 22.7 Å². The summed E-state index contributed by atoms with van der Waals surface area (Å²) >= 11 is 0. The van der Waals surface area contributed by atoms with Crippen LogP contribution >= 0.6 is 0 Å². The van der Waals surface area contributed by atoms with Crippen LogP contribution < -0.4 is 4.90 Å². The van der Waals surface area contributed by atoms with Crippen LogP contribution in [0, 0.1) is 0 Å². The van der Waals surface area contributed by atoms with Crippen molar-refractivity contribution in [3.05, 3.63) is 276 Å². The van der Waals surface area contributed by atoms with Gasteiger partial charge in [0.05, 0.1) is 16.4 Å². The number of anilines is 3. The van der Waals surface area contributed by atoms with Crippen LogP contribution in [0.2, 0.25) is 0 Å². The monoisotopic (exact) mass is 842 g/mol. The van der Waals surface area contributed by atoms with E-state index in [4.69, 9.17) is 0 Å². The van der Waals surface area contributed by atoms with Gasteiger partial charge in [0.2, 0.25) is 0 Å². The highest BCUT2D eigenvalue weighted by atomic mass is 15.1. The minimum atomic E-state index is -0.613. The predicted octanol–water partition coefficient (Wildman–Crippen LogP) is 16.6. The SMILES string of the molecule is CC1(C)c2ccccc2-c2ccc(N(c3ccc(-c4ccccc4)cc3)c3ccc4c(c3)C(c3ccccc3)(c3ccc5c(c3)c3ccccc3n5-c3ccccc3)c3ccccc3-4)cc21. The molecule has 10 aromatic carbocycles. The summed E-state index contributed by atoms with van der Waals surface area (Å²) in [6.07, 6.45) is 0. The van der Waals surface area contributed by atoms with Gasteiger partial charge in [0.25, 0.3) is 0 Å². The first kappa shape index (κ1) is 38.3. The molecular weight excluding hydrogens is 797 g/mol. The van der Waals surface area contributed by atoms with Gasteiger partial charge in [-0.15, -0.1) is 0 Å². The molecule has 13 rings (SSSR count). The summed E-state index contributed by atoms with van der Waals surface area (Å²) in [5, 5.41) is 2.49. The number of aromatic nitrogens is 1. The molecule has 0 aliphatic heterocycles. The third-order valence-corrected chi connectivity index (χ3v) is 14.7. The van der Waals surface area contributed by atoms with Crippen molar-refractivity contribution >= 4 is 38.9 Å². The lowest BCUT2D eigenvalue weighted by Gasteiger charge is -2.35. The highest BCUT2D eigenvalue weighted by Crippen LogP contribution is 2.58. The predicted molar refractivity (Wildman–Crippen MR) is 276 cm³/mol. The normalized spacial score (nSPS) is 15.3. The summed E-state index contributed by atoms with van der Waals surface area (Å²) in [6.45, 7) is 4.74. The third kappa shape index (κ3) is 5.55. The second kappa shape index (κ2) is 14.7. The summed E-state index contributed by atoms with van der Waals surface area (Å²) in [5.41, 5.74) is 21.5. The molecule has 0 N–H and O–H groups in total. The zero-order chi connectivity index (χ0) is 44.0. The van der Waals surface area contributed by atoms with Crippen molar-refractivity contribution in [1.29, 1.82) is 0 Å². The molecule has 2 heteroatoms. The van der Waals surface area contributed by atoms with Crippen LogP contribution in [0.15, 0.2) is 243 Å². The molecule has 0 amide bonds. The van der Waals surface area contributed by atoms with Gasteiger partial charge in [0.1, 0.15) is 0 Å². The summed E-state index contributed by atoms with van der Waals surface area (Å²) < 4.78 is 2.41. The van der Waals surface area contributed by atoms with Crippen molar-refractivity contribution in [1.82, 2.24) is 4.57 Å². The second-order valence-corrected chi connectivity index (χ2v) is 18.5. The quantitative estimate of drug-likeness (QED) is 0.155. The molecule has 0 spiro atoms. The standard InChI is InChI=1S/C64H46N2/c1-63(2)57-27-15-12-24-51(57)53-37-35-49(41-59(53)63)65(48-33-30-44(31-34-48)43-18-6-3-7-19-43)50-36-38-54-52-25-13-16-28-58(52)64(60(54)42-50,45-20-8-4-9-21-45)46-32-39-62-56(40-46)55-26-14-17-29-61(55)66(62)47-22-10-5-11-23-47/h3-42H,1-2H3. The fourth-order valence-corrected chi connectivity index (χ4v) is 11.7. The fourth-order valence-electron chi connectivity index (χ4n) is 11.7. The smallest absolute Gasteiger partial charge is 0.0714 e. The van der Waals surface area contributed by atoms with E-state index in [2.05, 4.69) is 266 Å². The summed E-state index contributed by atoms with van der Waals surface area (Å²) in [5.74, 6) is 0. The average Bonchev–Trinajstić information content (AvgIpc) is 3.95. The highest BCUT2D eigenvalue weighted by Gasteiger charge is 2.47. The van der Waals surface area contributed by atoms with E-state index >= 15 is 0 Å². The minimum Gasteiger partial charge on any atom is -0.310 e. The molecule has 0 fully saturated rings. The Balaban J connectivity index is 1.06. The maximum Gasteiger partial charge on any atom is 0.0714 e. The Kier molecular flexibility index (Phi) is 8.51. The van der Waals surface area contributed by atoms with Gasteiger partial charge >= 0.3 is 0 Å². The van der Waals surface area contributed by atoms with Crippen molar-refractivity contribution in [3.8, 4) is 39.1 Å². The number of rotatable bonds is 7. The number of nitrogens with zero attached hydrogens (tertiary/aromatic N) is 2. The van der Waals surface area contributed by atoms with Crippen LogP contribution in [-0.2, 0) is 10.8 Å². The van der Waals surface area contributed by atoms with E-state index in [1.54, 1.807) is 0 Å². The Morgan fingerprint density at radius 1 is 0.333 bits per heavy atom. The van der Waals surface area contributed by atoms with E-state index in [0.29, 0.717) is 0 Å². The molecule has 2 aliphatic carbocycles. The number of fused-ring (bicyclic) bond motifs is 9. The molecule has 0 saturated heterocycles. The molecular formula is C64H46N2. The van der Waals surface area contributed by atoms with Crippen LogP contribution in [0.3, 0.4) is 0 Å². The number of para-hydroxylation sites is 2. The molecule has 0 bridgehead atoms. The van der Waals surface area contributed by atoms with E-state index in [1.165, 1.54) is 88.6 Å². The topological polar surface area (TPSA) is 8.17 Å². The molecule has 1 atom stereocenters. The minimum absolute atomic E-state index is 0.144. The van der Waals surface area contributed by atoms with Crippen LogP contribution in [0.5, 0.6) is 0 Å². The summed E-state index contributed by atoms with van der Waals surface area (Å²) in [4.78, 5) is 2.48. The molecule has 2 aliphatic rings. The molecule has 66 heavy (non-hydrogen) atoms. The van der Waals surface area contributed by atoms with Crippen molar-refractivity contribution < 1.29 is 0 Å². The largest absolute Gasteiger partial charge is 0.310 e. The van der Waals surface area contributed by atoms with Crippen molar-refractivity contribution in [2.75, 3.05) is 4.90 Å². The Labute approximate surface area is 386 Å². The molecule has 1 heterocycles. The first-order valence-electron chi connectivity index (χ1n) is 23.1. The van der Waals surface area contributed by atoms with E-state index in [1.807, 2.05) is 0 Å². The lowest BCUT2D eigenvalue weighted by atomic mass is 9.67. The van der Waals surface area contributed by atoms with Crippen LogP contribution in [0.25, 0.3) is 60.9 Å².